The normalized spacial score (nSPS) is 16.4. The van der Waals surface area contributed by atoms with Crippen LogP contribution < -0.4 is 14.8 Å². The van der Waals surface area contributed by atoms with E-state index < -0.39 is 0 Å². The van der Waals surface area contributed by atoms with Gasteiger partial charge in [-0.15, -0.1) is 0 Å². The molecular weight excluding hydrogens is 264 g/mol. The molecule has 19 heavy (non-hydrogen) atoms. The van der Waals surface area contributed by atoms with E-state index in [9.17, 15) is 0 Å². The molecule has 2 rings (SSSR count). The van der Waals surface area contributed by atoms with Crippen molar-refractivity contribution in [2.24, 2.45) is 0 Å². The fourth-order valence-electron chi connectivity index (χ4n) is 2.40. The summed E-state index contributed by atoms with van der Waals surface area (Å²) in [6, 6.07) is 3.71. The van der Waals surface area contributed by atoms with Crippen molar-refractivity contribution in [1.82, 2.24) is 10.2 Å². The molecule has 1 aromatic carbocycles. The van der Waals surface area contributed by atoms with Crippen molar-refractivity contribution in [1.29, 1.82) is 0 Å². The minimum absolute atomic E-state index is 0.738. The molecule has 0 radical (unpaired) electrons. The quantitative estimate of drug-likeness (QED) is 0.894. The number of rotatable bonds is 5. The fraction of sp³-hybridized carbons (Fsp3) is 0.571. The highest BCUT2D eigenvalue weighted by Crippen LogP contribution is 2.36. The smallest absolute Gasteiger partial charge is 0.165 e. The summed E-state index contributed by atoms with van der Waals surface area (Å²) in [6.07, 6.45) is 0.874. The average Bonchev–Trinajstić information content (AvgIpc) is 2.46. The van der Waals surface area contributed by atoms with Crippen molar-refractivity contribution in [2.45, 2.75) is 6.42 Å². The Hall–Kier alpha value is -0.970. The lowest BCUT2D eigenvalue weighted by molar-refractivity contribution is 0.242. The fourth-order valence-corrected chi connectivity index (χ4v) is 2.65. The van der Waals surface area contributed by atoms with Crippen LogP contribution in [0.2, 0.25) is 5.02 Å². The molecular formula is C14H21ClN2O2. The van der Waals surface area contributed by atoms with E-state index in [0.717, 1.165) is 61.2 Å². The van der Waals surface area contributed by atoms with Crippen LogP contribution in [-0.4, -0.2) is 51.8 Å². The van der Waals surface area contributed by atoms with Gasteiger partial charge in [-0.2, -0.15) is 0 Å². The van der Waals surface area contributed by atoms with Crippen LogP contribution >= 0.6 is 11.6 Å². The topological polar surface area (TPSA) is 33.7 Å². The number of piperazine rings is 1. The van der Waals surface area contributed by atoms with Gasteiger partial charge < -0.3 is 19.7 Å². The van der Waals surface area contributed by atoms with Gasteiger partial charge in [-0.05, 0) is 18.6 Å². The monoisotopic (exact) mass is 284 g/mol. The third kappa shape index (κ3) is 3.53. The number of ether oxygens (including phenoxy) is 2. The summed E-state index contributed by atoms with van der Waals surface area (Å²) in [6.45, 7) is 5.28. The molecule has 0 aromatic heterocycles. The zero-order valence-electron chi connectivity index (χ0n) is 11.5. The summed E-state index contributed by atoms with van der Waals surface area (Å²) in [7, 11) is 3.30. The molecule has 1 aliphatic rings. The van der Waals surface area contributed by atoms with Gasteiger partial charge in [0.25, 0.3) is 0 Å². The van der Waals surface area contributed by atoms with Gasteiger partial charge in [0.2, 0.25) is 0 Å². The Labute approximate surface area is 119 Å². The molecule has 1 fully saturated rings. The molecule has 1 saturated heterocycles. The lowest BCUT2D eigenvalue weighted by Crippen LogP contribution is -2.44. The van der Waals surface area contributed by atoms with Gasteiger partial charge in [0, 0.05) is 43.3 Å². The van der Waals surface area contributed by atoms with Crippen LogP contribution in [0.1, 0.15) is 5.56 Å². The van der Waals surface area contributed by atoms with Crippen LogP contribution in [0.4, 0.5) is 0 Å². The molecule has 0 amide bonds. The predicted octanol–water partition coefficient (Wildman–Crippen LogP) is 1.80. The minimum Gasteiger partial charge on any atom is -0.493 e. The summed E-state index contributed by atoms with van der Waals surface area (Å²) in [5.74, 6) is 1.49. The van der Waals surface area contributed by atoms with Crippen LogP contribution in [-0.2, 0) is 6.42 Å². The summed E-state index contributed by atoms with van der Waals surface area (Å²) >= 11 is 6.29. The van der Waals surface area contributed by atoms with Gasteiger partial charge in [-0.3, -0.25) is 0 Å². The Morgan fingerprint density at radius 1 is 1.21 bits per heavy atom. The number of benzene rings is 1. The first-order valence-electron chi connectivity index (χ1n) is 6.58. The van der Waals surface area contributed by atoms with Gasteiger partial charge >= 0.3 is 0 Å². The maximum absolute atomic E-state index is 6.29. The standard InChI is InChI=1S/C14H21ClN2O2/c1-18-13-4-3-12(15)11(14(13)19-2)5-8-17-9-6-16-7-10-17/h3-4,16H,5-10H2,1-2H3. The molecule has 0 bridgehead atoms. The van der Waals surface area contributed by atoms with Crippen molar-refractivity contribution in [3.63, 3.8) is 0 Å². The van der Waals surface area contributed by atoms with E-state index in [2.05, 4.69) is 10.2 Å². The first kappa shape index (κ1) is 14.4. The third-order valence-electron chi connectivity index (χ3n) is 3.48. The second kappa shape index (κ2) is 6.98. The van der Waals surface area contributed by atoms with E-state index in [1.54, 1.807) is 14.2 Å². The van der Waals surface area contributed by atoms with Gasteiger partial charge in [-0.25, -0.2) is 0 Å². The Kier molecular flexibility index (Phi) is 5.31. The second-order valence-electron chi connectivity index (χ2n) is 4.60. The molecule has 1 heterocycles. The van der Waals surface area contributed by atoms with Crippen molar-refractivity contribution >= 4 is 11.6 Å². The maximum Gasteiger partial charge on any atom is 0.165 e. The van der Waals surface area contributed by atoms with Crippen molar-refractivity contribution in [3.05, 3.63) is 22.7 Å². The molecule has 1 aliphatic heterocycles. The average molecular weight is 285 g/mol. The van der Waals surface area contributed by atoms with Crippen LogP contribution in [0.25, 0.3) is 0 Å². The summed E-state index contributed by atoms with van der Waals surface area (Å²) in [4.78, 5) is 2.44. The van der Waals surface area contributed by atoms with Gasteiger partial charge in [0.15, 0.2) is 11.5 Å². The van der Waals surface area contributed by atoms with Crippen LogP contribution in [0.3, 0.4) is 0 Å². The lowest BCUT2D eigenvalue weighted by atomic mass is 10.1. The second-order valence-corrected chi connectivity index (χ2v) is 5.01. The number of halogens is 1. The highest BCUT2D eigenvalue weighted by Gasteiger charge is 2.16. The van der Waals surface area contributed by atoms with E-state index in [1.807, 2.05) is 12.1 Å². The highest BCUT2D eigenvalue weighted by atomic mass is 35.5. The van der Waals surface area contributed by atoms with E-state index in [4.69, 9.17) is 21.1 Å². The number of nitrogens with one attached hydrogen (secondary N) is 1. The summed E-state index contributed by atoms with van der Waals surface area (Å²) < 4.78 is 10.8. The summed E-state index contributed by atoms with van der Waals surface area (Å²) in [5, 5.41) is 4.10. The lowest BCUT2D eigenvalue weighted by Gasteiger charge is -2.27. The SMILES string of the molecule is COc1ccc(Cl)c(CCN2CCNCC2)c1OC. The zero-order chi connectivity index (χ0) is 13.7. The molecule has 0 spiro atoms. The zero-order valence-corrected chi connectivity index (χ0v) is 12.3. The molecule has 1 N–H and O–H groups in total. The van der Waals surface area contributed by atoms with Crippen molar-refractivity contribution < 1.29 is 9.47 Å². The predicted molar refractivity (Wildman–Crippen MR) is 77.6 cm³/mol. The summed E-state index contributed by atoms with van der Waals surface area (Å²) in [5.41, 5.74) is 1.03. The van der Waals surface area contributed by atoms with Gasteiger partial charge in [-0.1, -0.05) is 11.6 Å². The molecule has 4 nitrogen and oxygen atoms in total. The molecule has 0 atom stereocenters. The van der Waals surface area contributed by atoms with Crippen LogP contribution in [0, 0.1) is 0 Å². The first-order valence-corrected chi connectivity index (χ1v) is 6.96. The van der Waals surface area contributed by atoms with E-state index in [0.29, 0.717) is 0 Å². The number of hydrogen-bond acceptors (Lipinski definition) is 4. The Morgan fingerprint density at radius 2 is 1.95 bits per heavy atom. The van der Waals surface area contributed by atoms with Crippen LogP contribution in [0.5, 0.6) is 11.5 Å². The highest BCUT2D eigenvalue weighted by molar-refractivity contribution is 6.31. The molecule has 0 saturated carbocycles. The Balaban J connectivity index is 2.09. The Bertz CT molecular complexity index is 420. The van der Waals surface area contributed by atoms with Crippen molar-refractivity contribution in [3.8, 4) is 11.5 Å². The first-order chi connectivity index (χ1) is 9.26. The molecule has 1 aromatic rings. The Morgan fingerprint density at radius 3 is 2.58 bits per heavy atom. The largest absolute Gasteiger partial charge is 0.493 e. The molecule has 0 unspecified atom stereocenters. The minimum atomic E-state index is 0.738. The maximum atomic E-state index is 6.29. The van der Waals surface area contributed by atoms with Gasteiger partial charge in [0.05, 0.1) is 14.2 Å². The molecule has 5 heteroatoms. The third-order valence-corrected chi connectivity index (χ3v) is 3.83. The molecule has 0 aliphatic carbocycles. The molecule has 106 valence electrons. The van der Waals surface area contributed by atoms with E-state index in [-0.39, 0.29) is 0 Å². The number of hydrogen-bond donors (Lipinski definition) is 1. The van der Waals surface area contributed by atoms with Crippen molar-refractivity contribution in [2.75, 3.05) is 46.9 Å². The van der Waals surface area contributed by atoms with E-state index in [1.165, 1.54) is 0 Å². The number of nitrogens with zero attached hydrogens (tertiary/aromatic N) is 1. The number of methoxy groups -OCH3 is 2. The van der Waals surface area contributed by atoms with Crippen LogP contribution in [0.15, 0.2) is 12.1 Å². The van der Waals surface area contributed by atoms with E-state index >= 15 is 0 Å². The van der Waals surface area contributed by atoms with Gasteiger partial charge in [0.1, 0.15) is 0 Å².